The number of amides is 11. The SMILES string of the molecule is CC(C)CC(NC(=O)C(CCCCN)NC(=O)c1cc(S)cc(S)c1)C(=O)NC(C)C(=O)NC(CCCCN)C(=O)NC(CC(C)C)C(=O)NC(C)C(=O)NC(CCCCN)C(=O)NC(CCCNC(=N)N)C(=O)NCC(=O)NC(CC(=O)O)C(N)=O. The van der Waals surface area contributed by atoms with Crippen LogP contribution in [0.4, 0.5) is 0 Å². The van der Waals surface area contributed by atoms with Crippen LogP contribution in [-0.4, -0.2) is 169 Å². The number of rotatable bonds is 43. The van der Waals surface area contributed by atoms with Gasteiger partial charge in [-0.2, -0.15) is 0 Å². The zero-order valence-electron chi connectivity index (χ0n) is 50.6. The van der Waals surface area contributed by atoms with E-state index in [1.165, 1.54) is 26.0 Å². The van der Waals surface area contributed by atoms with Crippen LogP contribution >= 0.6 is 25.3 Å². The van der Waals surface area contributed by atoms with Crippen LogP contribution in [0.3, 0.4) is 0 Å². The third-order valence-electron chi connectivity index (χ3n) is 13.2. The van der Waals surface area contributed by atoms with E-state index in [1.807, 2.05) is 13.8 Å². The van der Waals surface area contributed by atoms with Gasteiger partial charge >= 0.3 is 5.97 Å². The molecular formula is C55H95N17O13S2. The van der Waals surface area contributed by atoms with E-state index in [0.29, 0.717) is 54.9 Å². The fraction of sp³-hybridized carbons (Fsp3) is 0.655. The fourth-order valence-corrected chi connectivity index (χ4v) is 9.22. The average molecular weight is 1270 g/mol. The summed E-state index contributed by atoms with van der Waals surface area (Å²) in [6.45, 7) is 10.1. The molecule has 0 spiro atoms. The molecular weight excluding hydrogens is 1170 g/mol. The van der Waals surface area contributed by atoms with Gasteiger partial charge in [-0.25, -0.2) is 0 Å². The molecule has 0 saturated carbocycles. The van der Waals surface area contributed by atoms with E-state index in [-0.39, 0.29) is 87.9 Å². The molecule has 11 amide bonds. The summed E-state index contributed by atoms with van der Waals surface area (Å²) in [5.41, 5.74) is 28.0. The van der Waals surface area contributed by atoms with Crippen LogP contribution in [0.25, 0.3) is 0 Å². The molecule has 0 aliphatic heterocycles. The second-order valence-corrected chi connectivity index (χ2v) is 23.0. The predicted octanol–water partition coefficient (Wildman–Crippen LogP) is -2.90. The molecule has 0 radical (unpaired) electrons. The van der Waals surface area contributed by atoms with Crippen molar-refractivity contribution in [3.05, 3.63) is 23.8 Å². The average Bonchev–Trinajstić information content (AvgIpc) is 3.07. The Morgan fingerprint density at radius 3 is 1.21 bits per heavy atom. The minimum absolute atomic E-state index is 0.0135. The summed E-state index contributed by atoms with van der Waals surface area (Å²) in [7, 11) is 0. The Kier molecular flexibility index (Phi) is 37.3. The van der Waals surface area contributed by atoms with Crippen LogP contribution in [0, 0.1) is 17.2 Å². The second-order valence-electron chi connectivity index (χ2n) is 22.0. The molecule has 9 atom stereocenters. The Balaban J connectivity index is 3.32. The number of hydrogen-bond donors (Lipinski definition) is 20. The maximum atomic E-state index is 14.2. The topological polar surface area (TPSA) is 511 Å². The summed E-state index contributed by atoms with van der Waals surface area (Å²) < 4.78 is 0. The lowest BCUT2D eigenvalue weighted by Gasteiger charge is -2.28. The number of carbonyl (C=O) groups is 12. The van der Waals surface area contributed by atoms with Crippen molar-refractivity contribution in [3.63, 3.8) is 0 Å². The molecule has 1 rings (SSSR count). The minimum Gasteiger partial charge on any atom is -0.481 e. The number of primary amides is 1. The first-order valence-electron chi connectivity index (χ1n) is 29.2. The van der Waals surface area contributed by atoms with E-state index >= 15 is 0 Å². The summed E-state index contributed by atoms with van der Waals surface area (Å²) >= 11 is 8.64. The van der Waals surface area contributed by atoms with Crippen LogP contribution < -0.4 is 87.2 Å². The highest BCUT2D eigenvalue weighted by Gasteiger charge is 2.34. The highest BCUT2D eigenvalue weighted by molar-refractivity contribution is 7.81. The van der Waals surface area contributed by atoms with Gasteiger partial charge in [-0.05, 0) is 147 Å². The van der Waals surface area contributed by atoms with Crippen LogP contribution in [0.15, 0.2) is 28.0 Å². The highest BCUT2D eigenvalue weighted by Crippen LogP contribution is 2.18. The standard InChI is InChI=1S/C55H95N17O13S2/c1-29(2)22-41(53(84)64-31(5)46(77)67-37(14-7-10-18-56)50(81)70-36(17-13-21-62-55(60)61)49(80)63-28-43(73)66-40(45(59)76)27-44(74)75)71-51(82)38(15-8-11-19-57)68-47(78)32(6)65-54(85)42(23-30(3)4)72-52(83)39(16-9-12-20-58)69-48(79)33-24-34(86)26-35(87)25-33/h24-26,29-32,36-42,86-87H,7-23,27-28,56-58H2,1-6H3,(H2,59,76)(H,63,80)(H,64,84)(H,65,85)(H,66,73)(H,67,77)(H,68,78)(H,69,79)(H,70,81)(H,71,82)(H,72,83)(H,74,75)(H4,60,61,62). The zero-order chi connectivity index (χ0) is 65.9. The van der Waals surface area contributed by atoms with Gasteiger partial charge in [-0.3, -0.25) is 62.9 Å². The number of benzene rings is 1. The Bertz CT molecular complexity index is 2470. The predicted molar refractivity (Wildman–Crippen MR) is 330 cm³/mol. The fourth-order valence-electron chi connectivity index (χ4n) is 8.56. The first-order chi connectivity index (χ1) is 40.9. The quantitative estimate of drug-likeness (QED) is 0.0135. The van der Waals surface area contributed by atoms with Crippen molar-refractivity contribution in [1.29, 1.82) is 5.41 Å². The Labute approximate surface area is 519 Å². The minimum atomic E-state index is -1.58. The van der Waals surface area contributed by atoms with Crippen LogP contribution in [0.1, 0.15) is 142 Å². The lowest BCUT2D eigenvalue weighted by molar-refractivity contribution is -0.140. The first kappa shape index (κ1) is 77.7. The highest BCUT2D eigenvalue weighted by atomic mass is 32.1. The lowest BCUT2D eigenvalue weighted by atomic mass is 10.0. The van der Waals surface area contributed by atoms with Gasteiger partial charge in [0, 0.05) is 21.9 Å². The largest absolute Gasteiger partial charge is 0.481 e. The molecule has 0 heterocycles. The van der Waals surface area contributed by atoms with E-state index in [2.05, 4.69) is 83.7 Å². The zero-order valence-corrected chi connectivity index (χ0v) is 52.4. The second kappa shape index (κ2) is 41.7. The van der Waals surface area contributed by atoms with Crippen LogP contribution in [0.5, 0.6) is 0 Å². The smallest absolute Gasteiger partial charge is 0.305 e. The third-order valence-corrected chi connectivity index (χ3v) is 13.7. The Hall–Kier alpha value is -7.29. The summed E-state index contributed by atoms with van der Waals surface area (Å²) in [5, 5.41) is 44.8. The van der Waals surface area contributed by atoms with Crippen molar-refractivity contribution in [1.82, 2.24) is 58.5 Å². The molecule has 32 heteroatoms. The molecule has 87 heavy (non-hydrogen) atoms. The number of nitrogens with two attached hydrogens (primary N) is 5. The number of guanidine groups is 1. The maximum Gasteiger partial charge on any atom is 0.305 e. The van der Waals surface area contributed by atoms with Crippen LogP contribution in [0.2, 0.25) is 0 Å². The molecule has 23 N–H and O–H groups in total. The van der Waals surface area contributed by atoms with E-state index in [4.69, 9.17) is 39.2 Å². The first-order valence-corrected chi connectivity index (χ1v) is 30.0. The molecule has 0 fully saturated rings. The van der Waals surface area contributed by atoms with Gasteiger partial charge in [0.05, 0.1) is 13.0 Å². The molecule has 0 aliphatic rings. The molecule has 30 nitrogen and oxygen atoms in total. The summed E-state index contributed by atoms with van der Waals surface area (Å²) in [6.07, 6.45) is 2.36. The number of carbonyl (C=O) groups excluding carboxylic acids is 11. The summed E-state index contributed by atoms with van der Waals surface area (Å²) in [4.78, 5) is 161. The monoisotopic (exact) mass is 1270 g/mol. The number of thiol groups is 2. The van der Waals surface area contributed by atoms with Gasteiger partial charge in [0.1, 0.15) is 54.4 Å². The number of nitrogens with one attached hydrogen (secondary N) is 12. The maximum absolute atomic E-state index is 14.2. The van der Waals surface area contributed by atoms with Crippen molar-refractivity contribution in [2.24, 2.45) is 40.5 Å². The third kappa shape index (κ3) is 32.3. The summed E-state index contributed by atoms with van der Waals surface area (Å²) in [6, 6.07) is -6.90. The van der Waals surface area contributed by atoms with Crippen LogP contribution in [-0.2, 0) is 52.7 Å². The molecule has 0 saturated heterocycles. The number of unbranched alkanes of at least 4 members (excludes halogenated alkanes) is 3. The normalized spacial score (nSPS) is 14.2. The van der Waals surface area contributed by atoms with E-state index in [9.17, 15) is 57.5 Å². The van der Waals surface area contributed by atoms with Crippen molar-refractivity contribution >= 4 is 102 Å². The van der Waals surface area contributed by atoms with E-state index in [1.54, 1.807) is 19.9 Å². The van der Waals surface area contributed by atoms with Gasteiger partial charge in [0.25, 0.3) is 5.91 Å². The van der Waals surface area contributed by atoms with Gasteiger partial charge < -0.3 is 92.3 Å². The molecule has 1 aromatic carbocycles. The molecule has 9 unspecified atom stereocenters. The molecule has 1 aromatic rings. The van der Waals surface area contributed by atoms with Gasteiger partial charge in [-0.15, -0.1) is 25.3 Å². The van der Waals surface area contributed by atoms with Crippen molar-refractivity contribution in [2.75, 3.05) is 32.7 Å². The Morgan fingerprint density at radius 2 is 0.828 bits per heavy atom. The Morgan fingerprint density at radius 1 is 0.460 bits per heavy atom. The van der Waals surface area contributed by atoms with Gasteiger partial charge in [0.15, 0.2) is 5.96 Å². The number of hydrogen-bond acceptors (Lipinski definition) is 18. The lowest BCUT2D eigenvalue weighted by Crippen LogP contribution is -2.60. The number of carboxylic acids is 1. The van der Waals surface area contributed by atoms with Gasteiger partial charge in [0.2, 0.25) is 59.1 Å². The van der Waals surface area contributed by atoms with Crippen molar-refractivity contribution < 1.29 is 62.6 Å². The van der Waals surface area contributed by atoms with E-state index < -0.39 is 138 Å². The molecule has 0 aromatic heterocycles. The number of carboxylic acid groups (broad SMARTS) is 1. The van der Waals surface area contributed by atoms with Crippen molar-refractivity contribution in [2.45, 2.75) is 196 Å². The molecule has 0 bridgehead atoms. The van der Waals surface area contributed by atoms with Crippen molar-refractivity contribution in [3.8, 4) is 0 Å². The number of aliphatic carboxylic acids is 1. The molecule has 0 aliphatic carbocycles. The van der Waals surface area contributed by atoms with Gasteiger partial charge in [-0.1, -0.05) is 27.7 Å². The summed E-state index contributed by atoms with van der Waals surface area (Å²) in [5.74, 6) is -11.0. The van der Waals surface area contributed by atoms with E-state index in [0.717, 1.165) is 0 Å². The molecule has 490 valence electrons.